The largest absolute Gasteiger partial charge is 0.497 e. The number of carboxylic acid groups (broad SMARTS) is 1. The Morgan fingerprint density at radius 1 is 1.33 bits per heavy atom. The molecule has 1 aliphatic heterocycles. The summed E-state index contributed by atoms with van der Waals surface area (Å²) in [7, 11) is 3.02. The minimum atomic E-state index is -0.986. The summed E-state index contributed by atoms with van der Waals surface area (Å²) in [5, 5.41) is 11.8. The lowest BCUT2D eigenvalue weighted by atomic mass is 10.2. The Labute approximate surface area is 122 Å². The second-order valence-corrected chi connectivity index (χ2v) is 4.69. The van der Waals surface area contributed by atoms with Crippen molar-refractivity contribution in [3.63, 3.8) is 0 Å². The lowest BCUT2D eigenvalue weighted by Crippen LogP contribution is -2.42. The number of amides is 2. The highest BCUT2D eigenvalue weighted by Gasteiger charge is 2.34. The summed E-state index contributed by atoms with van der Waals surface area (Å²) >= 11 is 0. The first-order chi connectivity index (χ1) is 10.1. The summed E-state index contributed by atoms with van der Waals surface area (Å²) in [5.74, 6) is 0.0674. The van der Waals surface area contributed by atoms with Crippen molar-refractivity contribution in [2.75, 3.05) is 26.1 Å². The number of nitrogens with one attached hydrogen (secondary N) is 1. The van der Waals surface area contributed by atoms with Gasteiger partial charge in [-0.1, -0.05) is 0 Å². The SMILES string of the molecule is COc1ccc(OC)c(NC(=O)N2CCCC2C(=O)O)c1. The zero-order chi connectivity index (χ0) is 15.4. The number of hydrogen-bond acceptors (Lipinski definition) is 4. The Morgan fingerprint density at radius 3 is 2.71 bits per heavy atom. The number of aliphatic carboxylic acids is 1. The van der Waals surface area contributed by atoms with E-state index < -0.39 is 18.0 Å². The molecular formula is C14H18N2O5. The van der Waals surface area contributed by atoms with Gasteiger partial charge in [0.15, 0.2) is 0 Å². The summed E-state index contributed by atoms with van der Waals surface area (Å²) in [5.41, 5.74) is 0.442. The van der Waals surface area contributed by atoms with E-state index in [1.54, 1.807) is 18.2 Å². The van der Waals surface area contributed by atoms with E-state index >= 15 is 0 Å². The highest BCUT2D eigenvalue weighted by molar-refractivity contribution is 5.94. The van der Waals surface area contributed by atoms with Crippen LogP contribution in [0.1, 0.15) is 12.8 Å². The fraction of sp³-hybridized carbons (Fsp3) is 0.429. The Balaban J connectivity index is 2.17. The van der Waals surface area contributed by atoms with E-state index in [0.29, 0.717) is 36.6 Å². The molecule has 7 heteroatoms. The lowest BCUT2D eigenvalue weighted by Gasteiger charge is -2.22. The van der Waals surface area contributed by atoms with Crippen LogP contribution >= 0.6 is 0 Å². The van der Waals surface area contributed by atoms with Crippen LogP contribution in [0.5, 0.6) is 11.5 Å². The molecule has 0 spiro atoms. The molecule has 0 aliphatic carbocycles. The van der Waals surface area contributed by atoms with Gasteiger partial charge in [-0.05, 0) is 25.0 Å². The second kappa shape index (κ2) is 6.34. The maximum absolute atomic E-state index is 12.3. The summed E-state index contributed by atoms with van der Waals surface area (Å²) in [6.07, 6.45) is 1.15. The number of methoxy groups -OCH3 is 2. The van der Waals surface area contributed by atoms with Crippen LogP contribution in [0.15, 0.2) is 18.2 Å². The molecule has 2 N–H and O–H groups in total. The third kappa shape index (κ3) is 3.18. The van der Waals surface area contributed by atoms with E-state index in [1.165, 1.54) is 19.1 Å². The normalized spacial score (nSPS) is 17.4. The lowest BCUT2D eigenvalue weighted by molar-refractivity contribution is -0.141. The number of rotatable bonds is 4. The Bertz CT molecular complexity index is 546. The van der Waals surface area contributed by atoms with Gasteiger partial charge in [0.25, 0.3) is 0 Å². The van der Waals surface area contributed by atoms with Crippen molar-refractivity contribution in [1.29, 1.82) is 0 Å². The molecule has 1 aromatic rings. The number of hydrogen-bond donors (Lipinski definition) is 2. The van der Waals surface area contributed by atoms with Crippen molar-refractivity contribution in [3.8, 4) is 11.5 Å². The quantitative estimate of drug-likeness (QED) is 0.883. The molecule has 2 rings (SSSR count). The highest BCUT2D eigenvalue weighted by Crippen LogP contribution is 2.30. The first-order valence-corrected chi connectivity index (χ1v) is 6.59. The summed E-state index contributed by atoms with van der Waals surface area (Å²) in [6.45, 7) is 0.426. The van der Waals surface area contributed by atoms with Gasteiger partial charge < -0.3 is 24.8 Å². The first kappa shape index (κ1) is 15.0. The predicted octanol–water partition coefficient (Wildman–Crippen LogP) is 1.78. The molecule has 1 aromatic carbocycles. The Kier molecular flexibility index (Phi) is 4.52. The van der Waals surface area contributed by atoms with E-state index in [0.717, 1.165) is 0 Å². The van der Waals surface area contributed by atoms with Gasteiger partial charge in [-0.25, -0.2) is 9.59 Å². The molecule has 0 saturated carbocycles. The van der Waals surface area contributed by atoms with E-state index in [4.69, 9.17) is 14.6 Å². The van der Waals surface area contributed by atoms with Gasteiger partial charge in [0, 0.05) is 12.6 Å². The van der Waals surface area contributed by atoms with E-state index in [-0.39, 0.29) is 0 Å². The average Bonchev–Trinajstić information content (AvgIpc) is 2.96. The molecule has 1 fully saturated rings. The van der Waals surface area contributed by atoms with Crippen molar-refractivity contribution in [1.82, 2.24) is 4.90 Å². The van der Waals surface area contributed by atoms with Gasteiger partial charge >= 0.3 is 12.0 Å². The topological polar surface area (TPSA) is 88.1 Å². The molecule has 1 atom stereocenters. The number of anilines is 1. The molecule has 1 unspecified atom stereocenters. The third-order valence-electron chi connectivity index (χ3n) is 3.45. The predicted molar refractivity (Wildman–Crippen MR) is 75.9 cm³/mol. The van der Waals surface area contributed by atoms with Crippen molar-refractivity contribution in [3.05, 3.63) is 18.2 Å². The van der Waals surface area contributed by atoms with Crippen LogP contribution in [0.4, 0.5) is 10.5 Å². The molecule has 0 bridgehead atoms. The summed E-state index contributed by atoms with van der Waals surface area (Å²) < 4.78 is 10.3. The van der Waals surface area contributed by atoms with Gasteiger partial charge in [-0.2, -0.15) is 0 Å². The minimum Gasteiger partial charge on any atom is -0.497 e. The monoisotopic (exact) mass is 294 g/mol. The number of carbonyl (C=O) groups is 2. The van der Waals surface area contributed by atoms with E-state index in [2.05, 4.69) is 5.32 Å². The van der Waals surface area contributed by atoms with Crippen molar-refractivity contribution in [2.45, 2.75) is 18.9 Å². The van der Waals surface area contributed by atoms with E-state index in [1.807, 2.05) is 0 Å². The number of benzene rings is 1. The molecule has 7 nitrogen and oxygen atoms in total. The van der Waals surface area contributed by atoms with Crippen LogP contribution in [0.2, 0.25) is 0 Å². The number of ether oxygens (including phenoxy) is 2. The smallest absolute Gasteiger partial charge is 0.326 e. The molecule has 2 amide bonds. The van der Waals surface area contributed by atoms with Gasteiger partial charge in [0.2, 0.25) is 0 Å². The molecule has 0 radical (unpaired) electrons. The minimum absolute atomic E-state index is 0.426. The molecule has 1 heterocycles. The maximum Gasteiger partial charge on any atom is 0.326 e. The number of likely N-dealkylation sites (tertiary alicyclic amines) is 1. The summed E-state index contributed by atoms with van der Waals surface area (Å²) in [6, 6.07) is 3.79. The Morgan fingerprint density at radius 2 is 2.10 bits per heavy atom. The number of carbonyl (C=O) groups excluding carboxylic acids is 1. The van der Waals surface area contributed by atoms with E-state index in [9.17, 15) is 9.59 Å². The fourth-order valence-corrected chi connectivity index (χ4v) is 2.37. The molecule has 1 aliphatic rings. The third-order valence-corrected chi connectivity index (χ3v) is 3.45. The number of urea groups is 1. The zero-order valence-corrected chi connectivity index (χ0v) is 12.0. The number of carboxylic acids is 1. The molecule has 0 aromatic heterocycles. The maximum atomic E-state index is 12.3. The van der Waals surface area contributed by atoms with Crippen LogP contribution in [0, 0.1) is 0 Å². The fourth-order valence-electron chi connectivity index (χ4n) is 2.37. The van der Waals surface area contributed by atoms with Crippen molar-refractivity contribution < 1.29 is 24.2 Å². The van der Waals surface area contributed by atoms with Crippen LogP contribution in [-0.2, 0) is 4.79 Å². The first-order valence-electron chi connectivity index (χ1n) is 6.59. The van der Waals surface area contributed by atoms with Gasteiger partial charge in [0.05, 0.1) is 19.9 Å². The van der Waals surface area contributed by atoms with Crippen molar-refractivity contribution >= 4 is 17.7 Å². The van der Waals surface area contributed by atoms with Gasteiger partial charge in [-0.15, -0.1) is 0 Å². The van der Waals surface area contributed by atoms with Crippen molar-refractivity contribution in [2.24, 2.45) is 0 Å². The molecule has 21 heavy (non-hydrogen) atoms. The van der Waals surface area contributed by atoms with Crippen LogP contribution in [0.25, 0.3) is 0 Å². The molecular weight excluding hydrogens is 276 g/mol. The zero-order valence-electron chi connectivity index (χ0n) is 12.0. The highest BCUT2D eigenvalue weighted by atomic mass is 16.5. The second-order valence-electron chi connectivity index (χ2n) is 4.69. The molecule has 1 saturated heterocycles. The van der Waals surface area contributed by atoms with Crippen LogP contribution in [0.3, 0.4) is 0 Å². The van der Waals surface area contributed by atoms with Gasteiger partial charge in [0.1, 0.15) is 17.5 Å². The standard InChI is InChI=1S/C14H18N2O5/c1-20-9-5-6-12(21-2)10(8-9)15-14(19)16-7-3-4-11(16)13(17)18/h5-6,8,11H,3-4,7H2,1-2H3,(H,15,19)(H,17,18). The number of nitrogens with zero attached hydrogens (tertiary/aromatic N) is 1. The average molecular weight is 294 g/mol. The van der Waals surface area contributed by atoms with Gasteiger partial charge in [-0.3, -0.25) is 0 Å². The molecule has 114 valence electrons. The van der Waals surface area contributed by atoms with Crippen LogP contribution in [-0.4, -0.2) is 48.8 Å². The van der Waals surface area contributed by atoms with Crippen LogP contribution < -0.4 is 14.8 Å². The summed E-state index contributed by atoms with van der Waals surface area (Å²) in [4.78, 5) is 24.7. The Hall–Kier alpha value is -2.44.